The summed E-state index contributed by atoms with van der Waals surface area (Å²) in [6.45, 7) is 8.95. The number of rotatable bonds is 5. The second kappa shape index (κ2) is 4.73. The Morgan fingerprint density at radius 1 is 1.38 bits per heavy atom. The summed E-state index contributed by atoms with van der Waals surface area (Å²) >= 11 is 0. The van der Waals surface area contributed by atoms with Crippen molar-refractivity contribution in [2.75, 3.05) is 6.61 Å². The molecule has 1 fully saturated rings. The molecule has 0 spiro atoms. The molecule has 0 radical (unpaired) electrons. The molecule has 2 rings (SSSR count). The van der Waals surface area contributed by atoms with Crippen molar-refractivity contribution < 1.29 is 4.74 Å². The minimum absolute atomic E-state index is 0.566. The van der Waals surface area contributed by atoms with Crippen molar-refractivity contribution in [1.82, 2.24) is 0 Å². The van der Waals surface area contributed by atoms with E-state index in [4.69, 9.17) is 4.74 Å². The summed E-state index contributed by atoms with van der Waals surface area (Å²) in [6, 6.07) is 6.49. The highest BCUT2D eigenvalue weighted by Crippen LogP contribution is 2.41. The van der Waals surface area contributed by atoms with E-state index in [2.05, 4.69) is 38.6 Å². The van der Waals surface area contributed by atoms with Crippen molar-refractivity contribution in [2.24, 2.45) is 5.92 Å². The largest absolute Gasteiger partial charge is 0.493 e. The summed E-state index contributed by atoms with van der Waals surface area (Å²) in [6.07, 6.45) is 4.54. The zero-order valence-electron chi connectivity index (χ0n) is 10.2. The molecular weight excluding hydrogens is 196 g/mol. The minimum atomic E-state index is 0.566. The molecule has 0 heterocycles. The third kappa shape index (κ3) is 2.88. The maximum Gasteiger partial charge on any atom is 0.120 e. The SMILES string of the molecule is C=Cc1cc(OCC(C)C)cc(C2CC2)c1. The smallest absolute Gasteiger partial charge is 0.120 e. The fourth-order valence-corrected chi connectivity index (χ4v) is 1.76. The summed E-state index contributed by atoms with van der Waals surface area (Å²) in [4.78, 5) is 0. The van der Waals surface area contributed by atoms with Crippen LogP contribution in [0.2, 0.25) is 0 Å². The first-order valence-corrected chi connectivity index (χ1v) is 6.09. The summed E-state index contributed by atoms with van der Waals surface area (Å²) in [5.41, 5.74) is 2.58. The Balaban J connectivity index is 2.15. The first kappa shape index (κ1) is 11.3. The van der Waals surface area contributed by atoms with E-state index in [0.717, 1.165) is 18.3 Å². The maximum absolute atomic E-state index is 5.78. The van der Waals surface area contributed by atoms with E-state index in [9.17, 15) is 0 Å². The van der Waals surface area contributed by atoms with E-state index in [1.54, 1.807) is 0 Å². The number of hydrogen-bond acceptors (Lipinski definition) is 1. The van der Waals surface area contributed by atoms with Crippen LogP contribution in [-0.2, 0) is 0 Å². The van der Waals surface area contributed by atoms with Crippen molar-refractivity contribution in [3.8, 4) is 5.75 Å². The van der Waals surface area contributed by atoms with Gasteiger partial charge in [-0.1, -0.05) is 32.6 Å². The van der Waals surface area contributed by atoms with Gasteiger partial charge in [-0.3, -0.25) is 0 Å². The van der Waals surface area contributed by atoms with Gasteiger partial charge in [-0.05, 0) is 47.9 Å². The van der Waals surface area contributed by atoms with E-state index < -0.39 is 0 Å². The van der Waals surface area contributed by atoms with Crippen LogP contribution in [0.5, 0.6) is 5.75 Å². The van der Waals surface area contributed by atoms with Gasteiger partial charge in [0.1, 0.15) is 5.75 Å². The lowest BCUT2D eigenvalue weighted by Crippen LogP contribution is -2.04. The van der Waals surface area contributed by atoms with Crippen LogP contribution in [0.15, 0.2) is 24.8 Å². The lowest BCUT2D eigenvalue weighted by molar-refractivity contribution is 0.271. The minimum Gasteiger partial charge on any atom is -0.493 e. The van der Waals surface area contributed by atoms with E-state index in [-0.39, 0.29) is 0 Å². The number of ether oxygens (including phenoxy) is 1. The van der Waals surface area contributed by atoms with Gasteiger partial charge in [-0.25, -0.2) is 0 Å². The Hall–Kier alpha value is -1.24. The molecule has 0 amide bonds. The quantitative estimate of drug-likeness (QED) is 0.715. The van der Waals surface area contributed by atoms with Crippen molar-refractivity contribution in [1.29, 1.82) is 0 Å². The van der Waals surface area contributed by atoms with Gasteiger partial charge in [-0.15, -0.1) is 0 Å². The summed E-state index contributed by atoms with van der Waals surface area (Å²) in [7, 11) is 0. The molecule has 1 aromatic carbocycles. The van der Waals surface area contributed by atoms with Crippen molar-refractivity contribution >= 4 is 6.08 Å². The van der Waals surface area contributed by atoms with E-state index in [1.165, 1.54) is 24.0 Å². The van der Waals surface area contributed by atoms with Crippen LogP contribution in [0.3, 0.4) is 0 Å². The Morgan fingerprint density at radius 2 is 2.12 bits per heavy atom. The highest BCUT2D eigenvalue weighted by atomic mass is 16.5. The van der Waals surface area contributed by atoms with Gasteiger partial charge in [0.2, 0.25) is 0 Å². The zero-order chi connectivity index (χ0) is 11.5. The molecule has 0 bridgehead atoms. The molecule has 0 saturated heterocycles. The molecule has 1 nitrogen and oxygen atoms in total. The summed E-state index contributed by atoms with van der Waals surface area (Å²) in [5, 5.41) is 0. The van der Waals surface area contributed by atoms with Crippen molar-refractivity contribution in [2.45, 2.75) is 32.6 Å². The van der Waals surface area contributed by atoms with Crippen LogP contribution in [-0.4, -0.2) is 6.61 Å². The van der Waals surface area contributed by atoms with Crippen LogP contribution in [0.4, 0.5) is 0 Å². The third-order valence-corrected chi connectivity index (χ3v) is 2.82. The molecular formula is C15H20O. The first-order chi connectivity index (χ1) is 7.69. The monoisotopic (exact) mass is 216 g/mol. The Bertz CT molecular complexity index is 375. The van der Waals surface area contributed by atoms with Crippen LogP contribution >= 0.6 is 0 Å². The highest BCUT2D eigenvalue weighted by Gasteiger charge is 2.24. The Morgan fingerprint density at radius 3 is 2.69 bits per heavy atom. The molecule has 1 aliphatic rings. The van der Waals surface area contributed by atoms with Crippen molar-refractivity contribution in [3.05, 3.63) is 35.9 Å². The van der Waals surface area contributed by atoms with E-state index >= 15 is 0 Å². The fourth-order valence-electron chi connectivity index (χ4n) is 1.76. The van der Waals surface area contributed by atoms with Gasteiger partial charge >= 0.3 is 0 Å². The lowest BCUT2D eigenvalue weighted by Gasteiger charge is -2.11. The van der Waals surface area contributed by atoms with Gasteiger partial charge in [-0.2, -0.15) is 0 Å². The standard InChI is InChI=1S/C15H20O/c1-4-12-7-14(13-5-6-13)9-15(8-12)16-10-11(2)3/h4,7-9,11,13H,1,5-6,10H2,2-3H3. The Labute approximate surface area is 98.1 Å². The van der Waals surface area contributed by atoms with Crippen LogP contribution in [0.25, 0.3) is 6.08 Å². The maximum atomic E-state index is 5.78. The number of hydrogen-bond donors (Lipinski definition) is 0. The number of benzene rings is 1. The molecule has 1 aliphatic carbocycles. The lowest BCUT2D eigenvalue weighted by atomic mass is 10.1. The van der Waals surface area contributed by atoms with E-state index in [0.29, 0.717) is 5.92 Å². The Kier molecular flexibility index (Phi) is 3.33. The molecule has 0 aliphatic heterocycles. The predicted octanol–water partition coefficient (Wildman–Crippen LogP) is 4.24. The zero-order valence-corrected chi connectivity index (χ0v) is 10.2. The fraction of sp³-hybridized carbons (Fsp3) is 0.467. The van der Waals surface area contributed by atoms with E-state index in [1.807, 2.05) is 6.08 Å². The molecule has 0 N–H and O–H groups in total. The normalized spacial score (nSPS) is 15.2. The second-order valence-electron chi connectivity index (χ2n) is 5.02. The van der Waals surface area contributed by atoms with Gasteiger partial charge in [0.05, 0.1) is 6.61 Å². The van der Waals surface area contributed by atoms with Gasteiger partial charge < -0.3 is 4.74 Å². The molecule has 86 valence electrons. The van der Waals surface area contributed by atoms with Crippen LogP contribution < -0.4 is 4.74 Å². The summed E-state index contributed by atoms with van der Waals surface area (Å²) < 4.78 is 5.78. The highest BCUT2D eigenvalue weighted by molar-refractivity contribution is 5.52. The molecule has 1 saturated carbocycles. The topological polar surface area (TPSA) is 9.23 Å². The van der Waals surface area contributed by atoms with Crippen LogP contribution in [0, 0.1) is 5.92 Å². The predicted molar refractivity (Wildman–Crippen MR) is 68.8 cm³/mol. The summed E-state index contributed by atoms with van der Waals surface area (Å²) in [5.74, 6) is 2.33. The molecule has 0 aromatic heterocycles. The third-order valence-electron chi connectivity index (χ3n) is 2.82. The van der Waals surface area contributed by atoms with Crippen molar-refractivity contribution in [3.63, 3.8) is 0 Å². The molecule has 0 atom stereocenters. The first-order valence-electron chi connectivity index (χ1n) is 6.09. The van der Waals surface area contributed by atoms with Gasteiger partial charge in [0, 0.05) is 0 Å². The van der Waals surface area contributed by atoms with Gasteiger partial charge in [0.25, 0.3) is 0 Å². The molecule has 16 heavy (non-hydrogen) atoms. The molecule has 1 heteroatoms. The average Bonchev–Trinajstić information content (AvgIpc) is 3.09. The second-order valence-corrected chi connectivity index (χ2v) is 5.02. The molecule has 1 aromatic rings. The van der Waals surface area contributed by atoms with Crippen LogP contribution in [0.1, 0.15) is 43.7 Å². The molecule has 0 unspecified atom stereocenters. The average molecular weight is 216 g/mol. The van der Waals surface area contributed by atoms with Gasteiger partial charge in [0.15, 0.2) is 0 Å².